The van der Waals surface area contributed by atoms with Gasteiger partial charge in [-0.25, -0.2) is 4.79 Å². The van der Waals surface area contributed by atoms with Gasteiger partial charge in [0.25, 0.3) is 0 Å². The molecule has 2 aromatic heterocycles. The normalized spacial score (nSPS) is 11.7. The topological polar surface area (TPSA) is 74.2 Å². The summed E-state index contributed by atoms with van der Waals surface area (Å²) in [5.41, 5.74) is 0.323. The van der Waals surface area contributed by atoms with Crippen molar-refractivity contribution in [1.29, 1.82) is 0 Å². The highest BCUT2D eigenvalue weighted by atomic mass is 35.5. The van der Waals surface area contributed by atoms with Crippen LogP contribution in [0.3, 0.4) is 0 Å². The SMILES string of the molecule is C[N+](C)(C)CNC(=O)n1c([O-])c(C(=O)c2cccs2)c2cc(Cl)ccc21. The molecule has 8 heteroatoms. The van der Waals surface area contributed by atoms with E-state index in [4.69, 9.17) is 11.6 Å². The van der Waals surface area contributed by atoms with Gasteiger partial charge in [0.15, 0.2) is 6.67 Å². The maximum absolute atomic E-state index is 12.9. The highest BCUT2D eigenvalue weighted by Crippen LogP contribution is 2.33. The minimum absolute atomic E-state index is 0.0367. The minimum atomic E-state index is -0.639. The molecular formula is C18H18ClN3O3S. The summed E-state index contributed by atoms with van der Waals surface area (Å²) in [6, 6.07) is 7.53. The molecule has 0 aliphatic carbocycles. The minimum Gasteiger partial charge on any atom is -0.859 e. The molecule has 3 aromatic rings. The summed E-state index contributed by atoms with van der Waals surface area (Å²) < 4.78 is 1.49. The van der Waals surface area contributed by atoms with Crippen LogP contribution in [-0.2, 0) is 0 Å². The lowest BCUT2D eigenvalue weighted by molar-refractivity contribution is -0.872. The molecule has 136 valence electrons. The standard InChI is InChI=1S/C18H18ClN3O3S/c1-22(2,3)10-20-18(25)21-13-7-6-11(19)9-12(13)15(17(21)24)16(23)14-5-4-8-26-14/h4-9H,10H2,1-3H3,(H-,20,23,24,25). The van der Waals surface area contributed by atoms with Gasteiger partial charge in [-0.2, -0.15) is 0 Å². The second-order valence-corrected chi connectivity index (χ2v) is 8.30. The van der Waals surface area contributed by atoms with Gasteiger partial charge >= 0.3 is 6.03 Å². The first-order valence-corrected chi connectivity index (χ1v) is 9.12. The fourth-order valence-corrected chi connectivity index (χ4v) is 3.42. The Morgan fingerprint density at radius 1 is 1.27 bits per heavy atom. The quantitative estimate of drug-likeness (QED) is 0.422. The zero-order valence-electron chi connectivity index (χ0n) is 14.6. The van der Waals surface area contributed by atoms with E-state index in [-0.39, 0.29) is 5.56 Å². The molecule has 1 aromatic carbocycles. The van der Waals surface area contributed by atoms with Gasteiger partial charge in [-0.3, -0.25) is 14.7 Å². The van der Waals surface area contributed by atoms with E-state index in [0.29, 0.717) is 32.0 Å². The first-order chi connectivity index (χ1) is 12.2. The van der Waals surface area contributed by atoms with Crippen LogP contribution in [0.1, 0.15) is 15.2 Å². The highest BCUT2D eigenvalue weighted by Gasteiger charge is 2.23. The zero-order valence-corrected chi connectivity index (χ0v) is 16.1. The van der Waals surface area contributed by atoms with E-state index in [2.05, 4.69) is 5.32 Å². The fraction of sp³-hybridized carbons (Fsp3) is 0.222. The van der Waals surface area contributed by atoms with Crippen LogP contribution in [0, 0.1) is 0 Å². The molecule has 1 amide bonds. The molecule has 3 rings (SSSR count). The smallest absolute Gasteiger partial charge is 0.329 e. The summed E-state index contributed by atoms with van der Waals surface area (Å²) in [4.78, 5) is 25.9. The van der Waals surface area contributed by atoms with Crippen LogP contribution in [0.2, 0.25) is 5.02 Å². The van der Waals surface area contributed by atoms with Crippen LogP contribution in [0.25, 0.3) is 10.9 Å². The van der Waals surface area contributed by atoms with Gasteiger partial charge in [-0.15, -0.1) is 11.3 Å². The fourth-order valence-electron chi connectivity index (χ4n) is 2.58. The number of nitrogens with one attached hydrogen (secondary N) is 1. The van der Waals surface area contributed by atoms with Crippen molar-refractivity contribution in [3.63, 3.8) is 0 Å². The third-order valence-corrected chi connectivity index (χ3v) is 4.87. The number of amides is 1. The Hall–Kier alpha value is -2.35. The average Bonchev–Trinajstić information content (AvgIpc) is 3.17. The van der Waals surface area contributed by atoms with Gasteiger partial charge in [0.2, 0.25) is 5.78 Å². The largest absolute Gasteiger partial charge is 0.859 e. The van der Waals surface area contributed by atoms with E-state index in [1.54, 1.807) is 35.7 Å². The van der Waals surface area contributed by atoms with Gasteiger partial charge in [0.05, 0.1) is 31.5 Å². The second kappa shape index (κ2) is 6.75. The van der Waals surface area contributed by atoms with Crippen molar-refractivity contribution in [2.24, 2.45) is 0 Å². The second-order valence-electron chi connectivity index (χ2n) is 6.91. The molecule has 0 aliphatic heterocycles. The number of fused-ring (bicyclic) bond motifs is 1. The van der Waals surface area contributed by atoms with Gasteiger partial charge in [-0.05, 0) is 35.5 Å². The summed E-state index contributed by atoms with van der Waals surface area (Å²) in [6.07, 6.45) is 0. The molecule has 0 fully saturated rings. The summed E-state index contributed by atoms with van der Waals surface area (Å²) >= 11 is 7.30. The Bertz CT molecular complexity index is 987. The molecule has 6 nitrogen and oxygen atoms in total. The van der Waals surface area contributed by atoms with E-state index in [9.17, 15) is 14.7 Å². The zero-order chi connectivity index (χ0) is 19.1. The Labute approximate surface area is 159 Å². The number of carbonyl (C=O) groups is 2. The van der Waals surface area contributed by atoms with Crippen LogP contribution in [0.15, 0.2) is 35.7 Å². The van der Waals surface area contributed by atoms with Crippen molar-refractivity contribution in [3.05, 3.63) is 51.2 Å². The van der Waals surface area contributed by atoms with Gasteiger partial charge in [0.1, 0.15) is 0 Å². The molecule has 26 heavy (non-hydrogen) atoms. The molecule has 0 saturated carbocycles. The van der Waals surface area contributed by atoms with Crippen LogP contribution >= 0.6 is 22.9 Å². The Kier molecular flexibility index (Phi) is 4.79. The molecule has 0 saturated heterocycles. The lowest BCUT2D eigenvalue weighted by Gasteiger charge is -2.24. The predicted octanol–water partition coefficient (Wildman–Crippen LogP) is 2.88. The summed E-state index contributed by atoms with van der Waals surface area (Å²) in [5, 5.41) is 18.2. The first kappa shape index (κ1) is 18.4. The highest BCUT2D eigenvalue weighted by molar-refractivity contribution is 7.12. The Morgan fingerprint density at radius 2 is 2.00 bits per heavy atom. The van der Waals surface area contributed by atoms with Crippen LogP contribution in [0.5, 0.6) is 5.88 Å². The number of nitrogens with zero attached hydrogens (tertiary/aromatic N) is 2. The molecular weight excluding hydrogens is 374 g/mol. The molecule has 1 N–H and O–H groups in total. The van der Waals surface area contributed by atoms with Crippen molar-refractivity contribution in [3.8, 4) is 5.88 Å². The third kappa shape index (κ3) is 3.46. The molecule has 0 unspecified atom stereocenters. The molecule has 0 spiro atoms. The average molecular weight is 392 g/mol. The van der Waals surface area contributed by atoms with Crippen molar-refractivity contribution in [2.75, 3.05) is 27.8 Å². The van der Waals surface area contributed by atoms with Crippen molar-refractivity contribution >= 4 is 45.7 Å². The number of rotatable bonds is 4. The van der Waals surface area contributed by atoms with Gasteiger partial charge in [-0.1, -0.05) is 17.7 Å². The van der Waals surface area contributed by atoms with Crippen molar-refractivity contribution < 1.29 is 19.2 Å². The number of quaternary nitrogens is 1. The van der Waals surface area contributed by atoms with Crippen LogP contribution < -0.4 is 10.4 Å². The van der Waals surface area contributed by atoms with E-state index < -0.39 is 17.7 Å². The predicted molar refractivity (Wildman–Crippen MR) is 101 cm³/mol. The maximum atomic E-state index is 12.9. The number of thiophene rings is 1. The number of carbonyl (C=O) groups excluding carboxylic acids is 2. The number of ketones is 1. The van der Waals surface area contributed by atoms with Crippen molar-refractivity contribution in [1.82, 2.24) is 9.88 Å². The van der Waals surface area contributed by atoms with E-state index in [0.717, 1.165) is 4.57 Å². The maximum Gasteiger partial charge on any atom is 0.329 e. The van der Waals surface area contributed by atoms with Gasteiger partial charge < -0.3 is 9.59 Å². The number of halogens is 1. The molecule has 2 heterocycles. The third-order valence-electron chi connectivity index (χ3n) is 3.77. The molecule has 0 radical (unpaired) electrons. The van der Waals surface area contributed by atoms with Crippen LogP contribution in [-0.4, -0.2) is 48.7 Å². The van der Waals surface area contributed by atoms with E-state index >= 15 is 0 Å². The first-order valence-electron chi connectivity index (χ1n) is 7.87. The lowest BCUT2D eigenvalue weighted by Crippen LogP contribution is -2.46. The van der Waals surface area contributed by atoms with Crippen molar-refractivity contribution in [2.45, 2.75) is 0 Å². The van der Waals surface area contributed by atoms with Crippen LogP contribution in [0.4, 0.5) is 4.79 Å². The van der Waals surface area contributed by atoms with E-state index in [1.807, 2.05) is 21.1 Å². The Balaban J connectivity index is 2.14. The number of hydrogen-bond acceptors (Lipinski definition) is 4. The summed E-state index contributed by atoms with van der Waals surface area (Å²) in [6.45, 7) is 0.333. The number of benzene rings is 1. The number of hydrogen-bond donors (Lipinski definition) is 1. The Morgan fingerprint density at radius 3 is 2.62 bits per heavy atom. The lowest BCUT2D eigenvalue weighted by atomic mass is 10.1. The monoisotopic (exact) mass is 391 g/mol. The molecule has 0 atom stereocenters. The van der Waals surface area contributed by atoms with Gasteiger partial charge in [0, 0.05) is 16.0 Å². The number of aromatic nitrogens is 1. The summed E-state index contributed by atoms with van der Waals surface area (Å²) in [5.74, 6) is -1.05. The molecule has 0 aliphatic rings. The van der Waals surface area contributed by atoms with E-state index in [1.165, 1.54) is 11.3 Å². The molecule has 0 bridgehead atoms. The summed E-state index contributed by atoms with van der Waals surface area (Å²) in [7, 11) is 5.74.